The second-order valence-electron chi connectivity index (χ2n) is 12.0. The van der Waals surface area contributed by atoms with Crippen molar-refractivity contribution in [1.82, 2.24) is 15.5 Å². The summed E-state index contributed by atoms with van der Waals surface area (Å²) in [4.78, 5) is 30.4. The molecule has 3 N–H and O–H groups in total. The van der Waals surface area contributed by atoms with E-state index in [1.165, 1.54) is 10.4 Å². The molecule has 5 rings (SSSR count). The number of hydrogen-bond donors (Lipinski definition) is 3. The number of nitrogens with zero attached hydrogens (tertiary/aromatic N) is 1. The van der Waals surface area contributed by atoms with Gasteiger partial charge < -0.3 is 20.6 Å². The van der Waals surface area contributed by atoms with Gasteiger partial charge in [0, 0.05) is 42.6 Å². The molecule has 1 aliphatic heterocycles. The molecule has 6 nitrogen and oxygen atoms in total. The summed E-state index contributed by atoms with van der Waals surface area (Å²) in [5.74, 6) is -0.354. The summed E-state index contributed by atoms with van der Waals surface area (Å²) in [7, 11) is 0. The lowest BCUT2D eigenvalue weighted by Crippen LogP contribution is -2.48. The molecule has 2 amide bonds. The van der Waals surface area contributed by atoms with E-state index < -0.39 is 18.3 Å². The number of likely N-dealkylation sites (tertiary alicyclic amines) is 1. The quantitative estimate of drug-likeness (QED) is 0.156. The molecule has 1 aromatic heterocycles. The minimum atomic E-state index is -4.00. The van der Waals surface area contributed by atoms with Crippen molar-refractivity contribution in [2.24, 2.45) is 0 Å². The zero-order valence-corrected chi connectivity index (χ0v) is 27.7. The number of nitrogens with one attached hydrogen (secondary N) is 2. The first-order valence-corrected chi connectivity index (χ1v) is 16.6. The molecule has 0 spiro atoms. The van der Waals surface area contributed by atoms with E-state index in [4.69, 9.17) is 0 Å². The number of benzene rings is 3. The van der Waals surface area contributed by atoms with Gasteiger partial charge in [0.15, 0.2) is 0 Å². The lowest BCUT2D eigenvalue weighted by molar-refractivity contribution is -0.110. The van der Waals surface area contributed by atoms with Gasteiger partial charge in [-0.25, -0.2) is 0 Å². The predicted molar refractivity (Wildman–Crippen MR) is 181 cm³/mol. The minimum Gasteiger partial charge on any atom is -0.390 e. The molecule has 0 aliphatic carbocycles. The van der Waals surface area contributed by atoms with Crippen molar-refractivity contribution in [2.45, 2.75) is 70.9 Å². The van der Waals surface area contributed by atoms with E-state index in [1.54, 1.807) is 23.5 Å². The number of amides is 2. The molecule has 10 heteroatoms. The highest BCUT2D eigenvalue weighted by atomic mass is 32.1. The second kappa shape index (κ2) is 16.7. The molecule has 2 heterocycles. The van der Waals surface area contributed by atoms with Gasteiger partial charge in [-0.15, -0.1) is 11.3 Å². The summed E-state index contributed by atoms with van der Waals surface area (Å²) in [6, 6.07) is 27.1. The fourth-order valence-electron chi connectivity index (χ4n) is 5.72. The van der Waals surface area contributed by atoms with Crippen LogP contribution in [-0.4, -0.2) is 53.2 Å². The first kappa shape index (κ1) is 35.9. The highest BCUT2D eigenvalue weighted by Gasteiger charge is 2.32. The topological polar surface area (TPSA) is 81.7 Å². The fraction of sp³-hybridized carbons (Fsp3) is 0.351. The second-order valence-corrected chi connectivity index (χ2v) is 13.0. The molecular weight excluding hydrogens is 623 g/mol. The Morgan fingerprint density at radius 3 is 2.32 bits per heavy atom. The Morgan fingerprint density at radius 2 is 1.64 bits per heavy atom. The number of thiophene rings is 1. The molecule has 250 valence electrons. The van der Waals surface area contributed by atoms with Crippen LogP contribution in [0.15, 0.2) is 90.3 Å². The molecule has 1 fully saturated rings. The van der Waals surface area contributed by atoms with Crippen LogP contribution in [0.2, 0.25) is 0 Å². The number of alkyl halides is 3. The van der Waals surface area contributed by atoms with E-state index in [9.17, 15) is 27.9 Å². The monoisotopic (exact) mass is 665 g/mol. The average molecular weight is 666 g/mol. The molecule has 0 bridgehead atoms. The van der Waals surface area contributed by atoms with Crippen molar-refractivity contribution in [3.8, 4) is 0 Å². The number of aryl methyl sites for hydroxylation is 2. The van der Waals surface area contributed by atoms with Gasteiger partial charge in [-0.1, -0.05) is 66.2 Å². The Hall–Kier alpha value is -3.99. The van der Waals surface area contributed by atoms with E-state index in [0.29, 0.717) is 37.2 Å². The Morgan fingerprint density at radius 1 is 0.936 bits per heavy atom. The SMILES string of the molecule is CC(F)(F)F.Cc1cccc(CNCC(O)C(Cc2ccccc2)NC(=O)c2cc(C)cc(C(=O)N3CCCC3c3cccs3)c2)c1. The summed E-state index contributed by atoms with van der Waals surface area (Å²) in [5, 5.41) is 19.7. The van der Waals surface area contributed by atoms with E-state index in [1.807, 2.05) is 65.7 Å². The third-order valence-electron chi connectivity index (χ3n) is 7.82. The van der Waals surface area contributed by atoms with Gasteiger partial charge in [-0.2, -0.15) is 13.2 Å². The molecule has 1 aliphatic rings. The van der Waals surface area contributed by atoms with Crippen LogP contribution in [0.25, 0.3) is 0 Å². The predicted octanol–water partition coefficient (Wildman–Crippen LogP) is 7.40. The van der Waals surface area contributed by atoms with Crippen LogP contribution in [0.4, 0.5) is 13.2 Å². The molecule has 4 aromatic rings. The van der Waals surface area contributed by atoms with E-state index in [0.717, 1.165) is 29.5 Å². The number of rotatable bonds is 11. The van der Waals surface area contributed by atoms with Gasteiger partial charge in [-0.3, -0.25) is 9.59 Å². The normalized spacial score (nSPS) is 15.8. The van der Waals surface area contributed by atoms with Crippen LogP contribution in [0.1, 0.15) is 73.7 Å². The number of carbonyl (C=O) groups is 2. The maximum atomic E-state index is 13.7. The van der Waals surface area contributed by atoms with Gasteiger partial charge in [0.1, 0.15) is 0 Å². The molecule has 3 unspecified atom stereocenters. The van der Waals surface area contributed by atoms with Gasteiger partial charge in [0.05, 0.1) is 18.2 Å². The molecule has 0 radical (unpaired) electrons. The number of aliphatic hydroxyl groups excluding tert-OH is 1. The molecular formula is C37H42F3N3O3S. The van der Waals surface area contributed by atoms with Crippen molar-refractivity contribution in [3.05, 3.63) is 129 Å². The van der Waals surface area contributed by atoms with Crippen molar-refractivity contribution in [3.63, 3.8) is 0 Å². The average Bonchev–Trinajstić information content (AvgIpc) is 3.72. The Labute approximate surface area is 278 Å². The lowest BCUT2D eigenvalue weighted by Gasteiger charge is -2.26. The largest absolute Gasteiger partial charge is 0.390 e. The smallest absolute Gasteiger partial charge is 0.386 e. The lowest BCUT2D eigenvalue weighted by atomic mass is 9.99. The van der Waals surface area contributed by atoms with Crippen LogP contribution in [0.5, 0.6) is 0 Å². The number of halogens is 3. The maximum absolute atomic E-state index is 13.7. The molecule has 0 saturated carbocycles. The van der Waals surface area contributed by atoms with Crippen LogP contribution < -0.4 is 10.6 Å². The van der Waals surface area contributed by atoms with Crippen molar-refractivity contribution in [2.75, 3.05) is 13.1 Å². The zero-order chi connectivity index (χ0) is 34.0. The summed E-state index contributed by atoms with van der Waals surface area (Å²) < 4.78 is 31.1. The van der Waals surface area contributed by atoms with Crippen molar-refractivity contribution in [1.29, 1.82) is 0 Å². The van der Waals surface area contributed by atoms with Crippen LogP contribution in [0.3, 0.4) is 0 Å². The van der Waals surface area contributed by atoms with E-state index >= 15 is 0 Å². The van der Waals surface area contributed by atoms with Crippen LogP contribution in [0, 0.1) is 13.8 Å². The number of carbonyl (C=O) groups excluding carboxylic acids is 2. The fourth-order valence-corrected chi connectivity index (χ4v) is 6.60. The van der Waals surface area contributed by atoms with Gasteiger partial charge in [-0.05, 0) is 79.4 Å². The third kappa shape index (κ3) is 11.3. The van der Waals surface area contributed by atoms with Gasteiger partial charge in [0.2, 0.25) is 0 Å². The van der Waals surface area contributed by atoms with Gasteiger partial charge in [0.25, 0.3) is 11.8 Å². The number of hydrogen-bond acceptors (Lipinski definition) is 5. The van der Waals surface area contributed by atoms with Crippen LogP contribution >= 0.6 is 11.3 Å². The molecule has 1 saturated heterocycles. The third-order valence-corrected chi connectivity index (χ3v) is 8.79. The first-order valence-electron chi connectivity index (χ1n) is 15.7. The Kier molecular flexibility index (Phi) is 12.8. The zero-order valence-electron chi connectivity index (χ0n) is 26.9. The highest BCUT2D eigenvalue weighted by Crippen LogP contribution is 2.35. The molecule has 47 heavy (non-hydrogen) atoms. The van der Waals surface area contributed by atoms with Crippen molar-refractivity contribution >= 4 is 23.2 Å². The number of aliphatic hydroxyl groups is 1. The maximum Gasteiger partial charge on any atom is 0.386 e. The summed E-state index contributed by atoms with van der Waals surface area (Å²) in [6.45, 7) is 5.80. The van der Waals surface area contributed by atoms with Crippen molar-refractivity contribution < 1.29 is 27.9 Å². The summed E-state index contributed by atoms with van der Waals surface area (Å²) >= 11 is 1.68. The summed E-state index contributed by atoms with van der Waals surface area (Å²) in [5.41, 5.74) is 5.13. The first-order chi connectivity index (χ1) is 22.4. The minimum absolute atomic E-state index is 0.0510. The highest BCUT2D eigenvalue weighted by molar-refractivity contribution is 7.10. The Bertz CT molecular complexity index is 1590. The van der Waals surface area contributed by atoms with E-state index in [2.05, 4.69) is 41.8 Å². The van der Waals surface area contributed by atoms with Crippen LogP contribution in [-0.2, 0) is 13.0 Å². The molecule has 3 atom stereocenters. The summed E-state index contributed by atoms with van der Waals surface area (Å²) in [6.07, 6.45) is -2.43. The standard InChI is InChI=1S/C35H39N3O3S.C2H3F3/c1-24-9-6-12-27(17-24)22-36-23-32(39)30(20-26-10-4-3-5-11-26)37-34(40)28-18-25(2)19-29(21-28)35(41)38-15-7-13-31(38)33-14-8-16-42-33;1-2(3,4)5/h3-6,8-12,14,16-19,21,30-32,36,39H,7,13,15,20,22-23H2,1-2H3,(H,37,40);1H3. The Balaban J connectivity index is 0.000000930. The van der Waals surface area contributed by atoms with Gasteiger partial charge >= 0.3 is 6.18 Å². The van der Waals surface area contributed by atoms with E-state index in [-0.39, 0.29) is 24.8 Å². The molecule has 3 aromatic carbocycles.